The highest BCUT2D eigenvalue weighted by Gasteiger charge is 2.40. The van der Waals surface area contributed by atoms with E-state index in [1.54, 1.807) is 17.1 Å². The summed E-state index contributed by atoms with van der Waals surface area (Å²) >= 11 is 1.51. The second kappa shape index (κ2) is 7.28. The molecule has 0 saturated carbocycles. The van der Waals surface area contributed by atoms with Gasteiger partial charge in [0.25, 0.3) is 5.91 Å². The highest BCUT2D eigenvalue weighted by molar-refractivity contribution is 7.12. The molecule has 1 aromatic heterocycles. The Morgan fingerprint density at radius 1 is 1.25 bits per heavy atom. The number of nitrogens with zero attached hydrogens (tertiary/aromatic N) is 1. The maximum absolute atomic E-state index is 13.2. The lowest BCUT2D eigenvalue weighted by atomic mass is 9.87. The predicted molar refractivity (Wildman–Crippen MR) is 114 cm³/mol. The van der Waals surface area contributed by atoms with Crippen molar-refractivity contribution in [2.75, 3.05) is 24.2 Å². The van der Waals surface area contributed by atoms with Crippen LogP contribution in [0, 0.1) is 6.92 Å². The van der Waals surface area contributed by atoms with Gasteiger partial charge < -0.3 is 15.5 Å². The van der Waals surface area contributed by atoms with E-state index in [0.717, 1.165) is 39.5 Å². The number of benzene rings is 1. The molecule has 1 aliphatic carbocycles. The molecule has 144 valence electrons. The number of allylic oxidation sites excluding steroid dienone is 3. The quantitative estimate of drug-likeness (QED) is 0.751. The van der Waals surface area contributed by atoms with Gasteiger partial charge in [0.05, 0.1) is 4.88 Å². The van der Waals surface area contributed by atoms with Gasteiger partial charge in [0.1, 0.15) is 5.70 Å². The lowest BCUT2D eigenvalue weighted by Gasteiger charge is -2.25. The number of carbonyl (C=O) groups is 2. The fraction of sp³-hybridized carbons (Fsp3) is 0.273. The number of ketones is 1. The summed E-state index contributed by atoms with van der Waals surface area (Å²) in [5.41, 5.74) is 5.46. The van der Waals surface area contributed by atoms with E-state index >= 15 is 0 Å². The van der Waals surface area contributed by atoms with E-state index < -0.39 is 0 Å². The van der Waals surface area contributed by atoms with Gasteiger partial charge in [-0.2, -0.15) is 0 Å². The summed E-state index contributed by atoms with van der Waals surface area (Å²) in [4.78, 5) is 28.4. The molecule has 2 aliphatic rings. The summed E-state index contributed by atoms with van der Waals surface area (Å²) in [7, 11) is 1.87. The van der Waals surface area contributed by atoms with Gasteiger partial charge in [0.2, 0.25) is 0 Å². The maximum atomic E-state index is 13.2. The fourth-order valence-electron chi connectivity index (χ4n) is 3.96. The Morgan fingerprint density at radius 2 is 1.96 bits per heavy atom. The van der Waals surface area contributed by atoms with E-state index in [1.807, 2.05) is 50.5 Å². The van der Waals surface area contributed by atoms with E-state index in [4.69, 9.17) is 0 Å². The summed E-state index contributed by atoms with van der Waals surface area (Å²) in [6.45, 7) is 4.51. The van der Waals surface area contributed by atoms with E-state index in [9.17, 15) is 9.59 Å². The second-order valence-corrected chi connectivity index (χ2v) is 7.93. The number of nitrogens with one attached hydrogen (secondary N) is 2. The normalized spacial score (nSPS) is 18.5. The van der Waals surface area contributed by atoms with Gasteiger partial charge in [0.15, 0.2) is 5.78 Å². The third-order valence-electron chi connectivity index (χ3n) is 5.40. The van der Waals surface area contributed by atoms with Gasteiger partial charge in [-0.1, -0.05) is 6.08 Å². The number of anilines is 2. The van der Waals surface area contributed by atoms with Gasteiger partial charge in [0, 0.05) is 42.7 Å². The molecule has 1 fully saturated rings. The number of hydrogen-bond donors (Lipinski definition) is 2. The Labute approximate surface area is 168 Å². The van der Waals surface area contributed by atoms with Crippen LogP contribution in [0.25, 0.3) is 0 Å². The molecule has 4 rings (SSSR count). The Morgan fingerprint density at radius 3 is 2.64 bits per heavy atom. The van der Waals surface area contributed by atoms with Crippen LogP contribution in [-0.2, 0) is 4.79 Å². The zero-order valence-electron chi connectivity index (χ0n) is 16.2. The summed E-state index contributed by atoms with van der Waals surface area (Å²) < 4.78 is 0. The van der Waals surface area contributed by atoms with Crippen LogP contribution < -0.4 is 10.6 Å². The van der Waals surface area contributed by atoms with Gasteiger partial charge in [-0.25, -0.2) is 0 Å². The molecular weight excluding hydrogens is 370 g/mol. The van der Waals surface area contributed by atoms with Crippen LogP contribution in [0.5, 0.6) is 0 Å². The molecule has 1 saturated heterocycles. The number of fused-ring (bicyclic) bond motifs is 3. The Balaban J connectivity index is 1.57. The summed E-state index contributed by atoms with van der Waals surface area (Å²) in [6.07, 6.45) is 4.29. The first-order chi connectivity index (χ1) is 13.5. The minimum atomic E-state index is -0.0990. The zero-order valence-corrected chi connectivity index (χ0v) is 17.0. The molecule has 2 heterocycles. The molecule has 1 aromatic carbocycles. The molecule has 1 atom stereocenters. The molecule has 0 radical (unpaired) electrons. The standard InChI is InChI=1S/C22H23N3O2S/c1-4-17(24-15-7-5-14(23-3)6-8-15)22(27)25-10-9-16-18(25)11-19(26)21-20(16)13(2)12-28-21/h4-8,11-12,16,23-24H,9-10H2,1-3H3/b17-4-. The minimum absolute atomic E-state index is 0.0108. The van der Waals surface area contributed by atoms with Crippen molar-refractivity contribution in [1.29, 1.82) is 0 Å². The topological polar surface area (TPSA) is 61.4 Å². The molecular formula is C22H23N3O2S. The van der Waals surface area contributed by atoms with E-state index in [1.165, 1.54) is 11.3 Å². The fourth-order valence-corrected chi connectivity index (χ4v) is 4.99. The third-order valence-corrected chi connectivity index (χ3v) is 6.53. The van der Waals surface area contributed by atoms with Crippen molar-refractivity contribution < 1.29 is 9.59 Å². The SMILES string of the molecule is C/C=C(\Nc1ccc(NC)cc1)C(=O)N1CCC2C1=CC(=O)c1scc(C)c12. The number of aryl methyl sites for hydroxylation is 1. The maximum Gasteiger partial charge on any atom is 0.274 e. The summed E-state index contributed by atoms with van der Waals surface area (Å²) in [5, 5.41) is 8.34. The van der Waals surface area contributed by atoms with Crippen molar-refractivity contribution in [1.82, 2.24) is 4.90 Å². The van der Waals surface area contributed by atoms with Crippen LogP contribution in [0.15, 0.2) is 53.2 Å². The molecule has 6 heteroatoms. The van der Waals surface area contributed by atoms with Crippen molar-refractivity contribution in [3.05, 3.63) is 69.2 Å². The molecule has 5 nitrogen and oxygen atoms in total. The second-order valence-electron chi connectivity index (χ2n) is 7.05. The van der Waals surface area contributed by atoms with Crippen molar-refractivity contribution in [2.45, 2.75) is 26.2 Å². The molecule has 2 N–H and O–H groups in total. The molecule has 1 amide bonds. The molecule has 0 spiro atoms. The Kier molecular flexibility index (Phi) is 4.81. The molecule has 0 bridgehead atoms. The summed E-state index contributed by atoms with van der Waals surface area (Å²) in [5.74, 6) is 0.0469. The lowest BCUT2D eigenvalue weighted by Crippen LogP contribution is -2.32. The minimum Gasteiger partial charge on any atom is -0.388 e. The largest absolute Gasteiger partial charge is 0.388 e. The van der Waals surface area contributed by atoms with Crippen molar-refractivity contribution in [2.24, 2.45) is 0 Å². The van der Waals surface area contributed by atoms with Crippen LogP contribution >= 0.6 is 11.3 Å². The van der Waals surface area contributed by atoms with E-state index in [2.05, 4.69) is 10.6 Å². The monoisotopic (exact) mass is 393 g/mol. The van der Waals surface area contributed by atoms with Crippen LogP contribution in [0.4, 0.5) is 11.4 Å². The smallest absolute Gasteiger partial charge is 0.274 e. The van der Waals surface area contributed by atoms with Crippen molar-refractivity contribution >= 4 is 34.4 Å². The number of carbonyl (C=O) groups excluding carboxylic acids is 2. The van der Waals surface area contributed by atoms with Gasteiger partial charge in [-0.05, 0) is 61.0 Å². The van der Waals surface area contributed by atoms with Crippen molar-refractivity contribution in [3.63, 3.8) is 0 Å². The third kappa shape index (κ3) is 3.03. The molecule has 1 unspecified atom stereocenters. The van der Waals surface area contributed by atoms with Gasteiger partial charge in [-0.3, -0.25) is 9.59 Å². The van der Waals surface area contributed by atoms with E-state index in [-0.39, 0.29) is 17.6 Å². The predicted octanol–water partition coefficient (Wildman–Crippen LogP) is 4.51. The number of likely N-dealkylation sites (tertiary alicyclic amines) is 1. The Hall–Kier alpha value is -2.86. The number of thiophene rings is 1. The molecule has 2 aromatic rings. The van der Waals surface area contributed by atoms with Crippen LogP contribution in [0.1, 0.15) is 40.1 Å². The number of hydrogen-bond acceptors (Lipinski definition) is 5. The van der Waals surface area contributed by atoms with Gasteiger partial charge >= 0.3 is 0 Å². The zero-order chi connectivity index (χ0) is 19.8. The van der Waals surface area contributed by atoms with Gasteiger partial charge in [-0.15, -0.1) is 11.3 Å². The van der Waals surface area contributed by atoms with E-state index in [0.29, 0.717) is 12.2 Å². The average molecular weight is 394 g/mol. The highest BCUT2D eigenvalue weighted by atomic mass is 32.1. The van der Waals surface area contributed by atoms with Crippen LogP contribution in [0.3, 0.4) is 0 Å². The highest BCUT2D eigenvalue weighted by Crippen LogP contribution is 2.45. The number of amides is 1. The number of rotatable bonds is 4. The first-order valence-electron chi connectivity index (χ1n) is 9.40. The van der Waals surface area contributed by atoms with Crippen molar-refractivity contribution in [3.8, 4) is 0 Å². The lowest BCUT2D eigenvalue weighted by molar-refractivity contribution is -0.124. The average Bonchev–Trinajstić information content (AvgIpc) is 3.30. The molecule has 1 aliphatic heterocycles. The van der Waals surface area contributed by atoms with Crippen LogP contribution in [-0.4, -0.2) is 30.2 Å². The first-order valence-corrected chi connectivity index (χ1v) is 10.3. The summed E-state index contributed by atoms with van der Waals surface area (Å²) in [6, 6.07) is 7.77. The first kappa shape index (κ1) is 18.5. The molecule has 28 heavy (non-hydrogen) atoms. The van der Waals surface area contributed by atoms with Crippen LogP contribution in [0.2, 0.25) is 0 Å². The Bertz CT molecular complexity index is 1000.